The fourth-order valence-corrected chi connectivity index (χ4v) is 4.16. The first-order valence-corrected chi connectivity index (χ1v) is 9.99. The molecule has 0 bridgehead atoms. The Balaban J connectivity index is 1.68. The fraction of sp³-hybridized carbons (Fsp3) is 0.300. The minimum Gasteiger partial charge on any atom is -0.497 e. The predicted octanol–water partition coefficient (Wildman–Crippen LogP) is 3.62. The van der Waals surface area contributed by atoms with Gasteiger partial charge >= 0.3 is 0 Å². The van der Waals surface area contributed by atoms with Gasteiger partial charge in [0.05, 0.1) is 35.5 Å². The van der Waals surface area contributed by atoms with Crippen molar-refractivity contribution in [1.82, 2.24) is 5.32 Å². The van der Waals surface area contributed by atoms with Crippen molar-refractivity contribution in [2.45, 2.75) is 11.8 Å². The summed E-state index contributed by atoms with van der Waals surface area (Å²) in [4.78, 5) is 18.6. The third-order valence-electron chi connectivity index (χ3n) is 4.37. The van der Waals surface area contributed by atoms with E-state index in [1.807, 2.05) is 42.5 Å². The van der Waals surface area contributed by atoms with E-state index in [0.29, 0.717) is 11.6 Å². The van der Waals surface area contributed by atoms with E-state index < -0.39 is 0 Å². The van der Waals surface area contributed by atoms with E-state index in [0.717, 1.165) is 22.2 Å². The zero-order valence-electron chi connectivity index (χ0n) is 15.3. The van der Waals surface area contributed by atoms with Crippen LogP contribution in [0, 0.1) is 0 Å². The molecule has 142 valence electrons. The number of thioether (sulfide) groups is 1. The number of halogens is 1. The highest BCUT2D eigenvalue weighted by atomic mass is 35.5. The van der Waals surface area contributed by atoms with Crippen LogP contribution >= 0.6 is 23.4 Å². The second-order valence-corrected chi connectivity index (χ2v) is 7.49. The number of carbonyl (C=O) groups excluding carboxylic acids is 1. The number of hydrogen-bond donors (Lipinski definition) is 1. The Bertz CT molecular complexity index is 826. The third kappa shape index (κ3) is 4.83. The summed E-state index contributed by atoms with van der Waals surface area (Å²) in [6.07, 6.45) is 0. The summed E-state index contributed by atoms with van der Waals surface area (Å²) in [5, 5.41) is 4.83. The highest BCUT2D eigenvalue weighted by Gasteiger charge is 2.30. The molecule has 1 saturated heterocycles. The summed E-state index contributed by atoms with van der Waals surface area (Å²) in [6, 6.07) is 15.4. The van der Waals surface area contributed by atoms with Gasteiger partial charge < -0.3 is 9.64 Å². The van der Waals surface area contributed by atoms with Crippen molar-refractivity contribution < 1.29 is 9.53 Å². The van der Waals surface area contributed by atoms with Crippen LogP contribution in [0.2, 0.25) is 5.02 Å². The van der Waals surface area contributed by atoms with Crippen LogP contribution in [-0.2, 0) is 10.5 Å². The molecule has 0 spiro atoms. The molecule has 1 N–H and O–H groups in total. The minimum atomic E-state index is -0.0211. The molecule has 0 aliphatic carbocycles. The molecule has 7 heteroatoms. The fourth-order valence-electron chi connectivity index (χ4n) is 2.92. The van der Waals surface area contributed by atoms with Gasteiger partial charge in [-0.1, -0.05) is 35.9 Å². The lowest BCUT2D eigenvalue weighted by atomic mass is 10.2. The Morgan fingerprint density at radius 3 is 2.70 bits per heavy atom. The lowest BCUT2D eigenvalue weighted by molar-refractivity contribution is -0.118. The predicted molar refractivity (Wildman–Crippen MR) is 113 cm³/mol. The number of carbonyl (C=O) groups is 1. The molecule has 1 fully saturated rings. The van der Waals surface area contributed by atoms with E-state index in [9.17, 15) is 4.79 Å². The summed E-state index contributed by atoms with van der Waals surface area (Å²) < 4.78 is 5.20. The number of anilines is 1. The van der Waals surface area contributed by atoms with E-state index in [4.69, 9.17) is 16.3 Å². The Morgan fingerprint density at radius 2 is 2.04 bits per heavy atom. The number of aliphatic imine (C=N–C) groups is 1. The van der Waals surface area contributed by atoms with Crippen LogP contribution in [0.4, 0.5) is 5.69 Å². The largest absolute Gasteiger partial charge is 0.497 e. The number of hydrogen-bond acceptors (Lipinski definition) is 5. The molecular weight excluding hydrogens is 382 g/mol. The quantitative estimate of drug-likeness (QED) is 0.612. The van der Waals surface area contributed by atoms with E-state index in [-0.39, 0.29) is 18.5 Å². The first-order valence-electron chi connectivity index (χ1n) is 8.63. The Labute approximate surface area is 168 Å². The Kier molecular flexibility index (Phi) is 6.77. The van der Waals surface area contributed by atoms with Gasteiger partial charge in [-0.2, -0.15) is 0 Å². The number of nitrogens with one attached hydrogen (secondary N) is 1. The zero-order chi connectivity index (χ0) is 19.2. The molecule has 1 heterocycles. The molecule has 5 nitrogen and oxygen atoms in total. The van der Waals surface area contributed by atoms with Gasteiger partial charge in [0.1, 0.15) is 5.75 Å². The van der Waals surface area contributed by atoms with Crippen LogP contribution in [0.15, 0.2) is 53.5 Å². The van der Waals surface area contributed by atoms with Gasteiger partial charge in [0.25, 0.3) is 0 Å². The number of nitrogens with zero attached hydrogens (tertiary/aromatic N) is 2. The van der Waals surface area contributed by atoms with Crippen LogP contribution in [-0.4, -0.2) is 44.2 Å². The first-order chi connectivity index (χ1) is 13.1. The molecule has 3 rings (SSSR count). The lowest BCUT2D eigenvalue weighted by Crippen LogP contribution is -2.56. The van der Waals surface area contributed by atoms with Crippen molar-refractivity contribution in [1.29, 1.82) is 0 Å². The normalized spacial score (nSPS) is 17.9. The van der Waals surface area contributed by atoms with Crippen molar-refractivity contribution in [2.75, 3.05) is 32.1 Å². The molecule has 27 heavy (non-hydrogen) atoms. The molecule has 1 aliphatic heterocycles. The average molecular weight is 404 g/mol. The smallest absolute Gasteiger partial charge is 0.241 e. The Morgan fingerprint density at radius 1 is 1.30 bits per heavy atom. The van der Waals surface area contributed by atoms with Crippen LogP contribution in [0.5, 0.6) is 5.75 Å². The van der Waals surface area contributed by atoms with Gasteiger partial charge in [-0.25, -0.2) is 0 Å². The summed E-state index contributed by atoms with van der Waals surface area (Å²) >= 11 is 7.96. The van der Waals surface area contributed by atoms with Gasteiger partial charge in [-0.05, 0) is 29.8 Å². The van der Waals surface area contributed by atoms with E-state index in [2.05, 4.69) is 10.3 Å². The average Bonchev–Trinajstić information content (AvgIpc) is 2.70. The number of para-hydroxylation sites is 1. The summed E-state index contributed by atoms with van der Waals surface area (Å²) in [5.41, 5.74) is 1.93. The summed E-state index contributed by atoms with van der Waals surface area (Å²) in [6.45, 7) is 0.767. The highest BCUT2D eigenvalue weighted by molar-refractivity contribution is 8.13. The molecule has 1 amide bonds. The molecule has 2 aromatic rings. The second kappa shape index (κ2) is 9.26. The molecule has 0 radical (unpaired) electrons. The van der Waals surface area contributed by atoms with Crippen molar-refractivity contribution in [3.05, 3.63) is 59.1 Å². The molecule has 1 atom stereocenters. The van der Waals surface area contributed by atoms with Crippen LogP contribution in [0.3, 0.4) is 0 Å². The summed E-state index contributed by atoms with van der Waals surface area (Å²) in [7, 11) is 3.45. The number of amides is 1. The second-order valence-electron chi connectivity index (χ2n) is 6.09. The molecule has 0 aromatic heterocycles. The molecular formula is C20H22ClN3O2S. The Hall–Kier alpha value is -2.02. The lowest BCUT2D eigenvalue weighted by Gasteiger charge is -2.34. The van der Waals surface area contributed by atoms with E-state index in [1.165, 1.54) is 5.56 Å². The van der Waals surface area contributed by atoms with Crippen LogP contribution in [0.25, 0.3) is 0 Å². The molecule has 1 aliphatic rings. The van der Waals surface area contributed by atoms with Crippen molar-refractivity contribution >= 4 is 40.0 Å². The number of ether oxygens (including phenoxy) is 1. The van der Waals surface area contributed by atoms with Crippen LogP contribution in [0.1, 0.15) is 5.56 Å². The monoisotopic (exact) mass is 403 g/mol. The SMILES string of the molecule is CN=C(SCc1ccc(OC)cc1)C1CN(c2ccccc2Cl)C(=O)CN1. The highest BCUT2D eigenvalue weighted by Crippen LogP contribution is 2.28. The van der Waals surface area contributed by atoms with Crippen molar-refractivity contribution in [3.8, 4) is 5.75 Å². The van der Waals surface area contributed by atoms with Crippen LogP contribution < -0.4 is 15.0 Å². The standard InChI is InChI=1S/C20H22ClN3O2S/c1-22-20(27-13-14-7-9-15(26-2)10-8-14)17-12-24(19(25)11-23-17)18-6-4-3-5-16(18)21/h3-10,17,23H,11-13H2,1-2H3. The number of methoxy groups -OCH3 is 1. The molecule has 2 aromatic carbocycles. The van der Waals surface area contributed by atoms with Gasteiger partial charge in [-0.15, -0.1) is 11.8 Å². The van der Waals surface area contributed by atoms with Crippen molar-refractivity contribution in [3.63, 3.8) is 0 Å². The number of rotatable bonds is 5. The van der Waals surface area contributed by atoms with E-state index in [1.54, 1.807) is 36.9 Å². The van der Waals surface area contributed by atoms with Crippen molar-refractivity contribution in [2.24, 2.45) is 4.99 Å². The maximum Gasteiger partial charge on any atom is 0.241 e. The van der Waals surface area contributed by atoms with E-state index >= 15 is 0 Å². The third-order valence-corrected chi connectivity index (χ3v) is 5.93. The topological polar surface area (TPSA) is 53.9 Å². The minimum absolute atomic E-state index is 0.00922. The van der Waals surface area contributed by atoms with Gasteiger partial charge in [-0.3, -0.25) is 15.1 Å². The zero-order valence-corrected chi connectivity index (χ0v) is 16.9. The summed E-state index contributed by atoms with van der Waals surface area (Å²) in [5.74, 6) is 1.65. The molecule has 0 saturated carbocycles. The number of piperazine rings is 1. The maximum absolute atomic E-state index is 12.4. The molecule has 1 unspecified atom stereocenters. The van der Waals surface area contributed by atoms with Gasteiger partial charge in [0.15, 0.2) is 0 Å². The maximum atomic E-state index is 12.4. The van der Waals surface area contributed by atoms with Gasteiger partial charge in [0, 0.05) is 19.3 Å². The van der Waals surface area contributed by atoms with Gasteiger partial charge in [0.2, 0.25) is 5.91 Å². The number of benzene rings is 2. The first kappa shape index (κ1) is 19.7.